The SMILES string of the molecule is CC(=O)NCC1CN(c2ccc3c(c2)CCCc2c(NCCCO)n[nH]c2-3)C(=O)O1. The molecule has 2 aliphatic rings. The molecule has 4 N–H and O–H groups in total. The monoisotopic (exact) mass is 413 g/mol. The number of rotatable bonds is 7. The summed E-state index contributed by atoms with van der Waals surface area (Å²) in [5.74, 6) is 0.703. The van der Waals surface area contributed by atoms with E-state index in [2.05, 4.69) is 20.8 Å². The van der Waals surface area contributed by atoms with Crippen LogP contribution in [0, 0.1) is 0 Å². The van der Waals surface area contributed by atoms with E-state index in [9.17, 15) is 9.59 Å². The summed E-state index contributed by atoms with van der Waals surface area (Å²) >= 11 is 0. The van der Waals surface area contributed by atoms with Crippen molar-refractivity contribution in [2.75, 3.05) is 36.5 Å². The van der Waals surface area contributed by atoms with Crippen molar-refractivity contribution in [1.29, 1.82) is 0 Å². The minimum Gasteiger partial charge on any atom is -0.442 e. The number of nitrogens with one attached hydrogen (secondary N) is 3. The Morgan fingerprint density at radius 2 is 2.27 bits per heavy atom. The van der Waals surface area contributed by atoms with E-state index < -0.39 is 6.09 Å². The molecule has 1 unspecified atom stereocenters. The molecule has 160 valence electrons. The van der Waals surface area contributed by atoms with E-state index in [-0.39, 0.29) is 18.6 Å². The molecule has 0 saturated carbocycles. The van der Waals surface area contributed by atoms with Gasteiger partial charge < -0.3 is 20.5 Å². The number of aromatic amines is 1. The number of fused-ring (bicyclic) bond motifs is 3. The molecule has 1 aliphatic carbocycles. The minimum absolute atomic E-state index is 0.143. The fourth-order valence-electron chi connectivity index (χ4n) is 4.01. The second-order valence-corrected chi connectivity index (χ2v) is 7.68. The topological polar surface area (TPSA) is 120 Å². The van der Waals surface area contributed by atoms with Gasteiger partial charge in [-0.15, -0.1) is 0 Å². The number of amides is 2. The third-order valence-corrected chi connectivity index (χ3v) is 5.49. The highest BCUT2D eigenvalue weighted by Crippen LogP contribution is 2.36. The molecule has 2 heterocycles. The molecular formula is C21H27N5O4. The molecule has 0 spiro atoms. The summed E-state index contributed by atoms with van der Waals surface area (Å²) in [6.07, 6.45) is 2.72. The van der Waals surface area contributed by atoms with E-state index in [1.54, 1.807) is 4.90 Å². The van der Waals surface area contributed by atoms with Crippen LogP contribution in [0.25, 0.3) is 11.3 Å². The van der Waals surface area contributed by atoms with Crippen molar-refractivity contribution in [2.24, 2.45) is 0 Å². The van der Waals surface area contributed by atoms with Gasteiger partial charge in [-0.3, -0.25) is 14.8 Å². The summed E-state index contributed by atoms with van der Waals surface area (Å²) in [6, 6.07) is 6.00. The van der Waals surface area contributed by atoms with Crippen LogP contribution in [0.15, 0.2) is 18.2 Å². The number of aromatic nitrogens is 2. The Morgan fingerprint density at radius 1 is 1.40 bits per heavy atom. The fraction of sp³-hybridized carbons (Fsp3) is 0.476. The number of aliphatic hydroxyl groups excluding tert-OH is 1. The number of H-pyrrole nitrogens is 1. The van der Waals surface area contributed by atoms with E-state index in [1.165, 1.54) is 6.92 Å². The first kappa shape index (κ1) is 20.2. The number of ether oxygens (including phenoxy) is 1. The lowest BCUT2D eigenvalue weighted by Gasteiger charge is -2.16. The van der Waals surface area contributed by atoms with Gasteiger partial charge in [0, 0.05) is 36.9 Å². The molecule has 30 heavy (non-hydrogen) atoms. The number of cyclic esters (lactones) is 1. The van der Waals surface area contributed by atoms with Gasteiger partial charge in [-0.2, -0.15) is 5.10 Å². The Kier molecular flexibility index (Phi) is 5.89. The zero-order valence-electron chi connectivity index (χ0n) is 17.0. The third kappa shape index (κ3) is 4.11. The highest BCUT2D eigenvalue weighted by molar-refractivity contribution is 5.90. The van der Waals surface area contributed by atoms with Crippen LogP contribution in [0.5, 0.6) is 0 Å². The van der Waals surface area contributed by atoms with E-state index in [1.807, 2.05) is 18.2 Å². The van der Waals surface area contributed by atoms with Crippen molar-refractivity contribution in [1.82, 2.24) is 15.5 Å². The second kappa shape index (κ2) is 8.74. The number of aryl methyl sites for hydroxylation is 1. The predicted octanol–water partition coefficient (Wildman–Crippen LogP) is 1.82. The lowest BCUT2D eigenvalue weighted by atomic mass is 10.0. The number of hydrogen-bond acceptors (Lipinski definition) is 6. The maximum atomic E-state index is 12.3. The Labute approximate surface area is 174 Å². The van der Waals surface area contributed by atoms with Crippen LogP contribution >= 0.6 is 0 Å². The molecule has 1 atom stereocenters. The van der Waals surface area contributed by atoms with Crippen LogP contribution in [0.4, 0.5) is 16.3 Å². The summed E-state index contributed by atoms with van der Waals surface area (Å²) in [6.45, 7) is 2.99. The molecule has 1 aromatic heterocycles. The average molecular weight is 413 g/mol. The molecule has 2 amide bonds. The lowest BCUT2D eigenvalue weighted by Crippen LogP contribution is -2.33. The molecule has 1 saturated heterocycles. The first-order valence-corrected chi connectivity index (χ1v) is 10.3. The van der Waals surface area contributed by atoms with Crippen LogP contribution < -0.4 is 15.5 Å². The highest BCUT2D eigenvalue weighted by Gasteiger charge is 2.33. The van der Waals surface area contributed by atoms with Crippen LogP contribution in [0.3, 0.4) is 0 Å². The zero-order valence-corrected chi connectivity index (χ0v) is 17.0. The van der Waals surface area contributed by atoms with Crippen molar-refractivity contribution in [3.05, 3.63) is 29.3 Å². The number of carbonyl (C=O) groups excluding carboxylic acids is 2. The Balaban J connectivity index is 1.54. The largest absolute Gasteiger partial charge is 0.442 e. The summed E-state index contributed by atoms with van der Waals surface area (Å²) in [5.41, 5.74) is 5.23. The van der Waals surface area contributed by atoms with Crippen LogP contribution in [0.1, 0.15) is 30.9 Å². The Bertz CT molecular complexity index is 941. The molecule has 0 bridgehead atoms. The summed E-state index contributed by atoms with van der Waals surface area (Å²) < 4.78 is 5.38. The van der Waals surface area contributed by atoms with Crippen LogP contribution in [-0.4, -0.2) is 59.6 Å². The summed E-state index contributed by atoms with van der Waals surface area (Å²) in [7, 11) is 0. The number of hydrogen-bond donors (Lipinski definition) is 4. The molecular weight excluding hydrogens is 386 g/mol. The van der Waals surface area contributed by atoms with E-state index in [4.69, 9.17) is 9.84 Å². The maximum Gasteiger partial charge on any atom is 0.414 e. The molecule has 1 aliphatic heterocycles. The predicted molar refractivity (Wildman–Crippen MR) is 113 cm³/mol. The van der Waals surface area contributed by atoms with Gasteiger partial charge in [0.1, 0.15) is 6.10 Å². The van der Waals surface area contributed by atoms with Crippen LogP contribution in [-0.2, 0) is 22.4 Å². The van der Waals surface area contributed by atoms with Crippen molar-refractivity contribution < 1.29 is 19.4 Å². The zero-order chi connectivity index (χ0) is 21.1. The van der Waals surface area contributed by atoms with E-state index in [0.29, 0.717) is 26.1 Å². The number of benzene rings is 1. The summed E-state index contributed by atoms with van der Waals surface area (Å²) in [4.78, 5) is 25.1. The van der Waals surface area contributed by atoms with Gasteiger partial charge in [0.2, 0.25) is 5.91 Å². The standard InChI is InChI=1S/C21H27N5O4/c1-13(28)23-11-16-12-26(21(29)30-16)15-6-7-17-14(10-15)4-2-5-18-19(17)24-25-20(18)22-8-3-9-27/h6-7,10,16,27H,2-5,8-9,11-12H2,1H3,(H,23,28)(H2,22,24,25). The van der Waals surface area contributed by atoms with Gasteiger partial charge in [0.15, 0.2) is 5.82 Å². The number of nitrogens with zero attached hydrogens (tertiary/aromatic N) is 2. The van der Waals surface area contributed by atoms with E-state index >= 15 is 0 Å². The highest BCUT2D eigenvalue weighted by atomic mass is 16.6. The molecule has 4 rings (SSSR count). The first-order chi connectivity index (χ1) is 14.6. The normalized spacial score (nSPS) is 17.7. The molecule has 9 heteroatoms. The van der Waals surface area contributed by atoms with Gasteiger partial charge >= 0.3 is 6.09 Å². The quantitative estimate of drug-likeness (QED) is 0.514. The van der Waals surface area contributed by atoms with Crippen molar-refractivity contribution in [3.63, 3.8) is 0 Å². The van der Waals surface area contributed by atoms with Crippen molar-refractivity contribution >= 4 is 23.5 Å². The van der Waals surface area contributed by atoms with Crippen LogP contribution in [0.2, 0.25) is 0 Å². The number of aliphatic hydroxyl groups is 1. The fourth-order valence-corrected chi connectivity index (χ4v) is 4.01. The molecule has 0 radical (unpaired) electrons. The van der Waals surface area contributed by atoms with Gasteiger partial charge in [-0.25, -0.2) is 4.79 Å². The number of carbonyl (C=O) groups is 2. The van der Waals surface area contributed by atoms with E-state index in [0.717, 1.165) is 53.2 Å². The van der Waals surface area contributed by atoms with Gasteiger partial charge in [0.05, 0.1) is 18.8 Å². The Morgan fingerprint density at radius 3 is 3.07 bits per heavy atom. The maximum absolute atomic E-state index is 12.3. The number of anilines is 2. The molecule has 2 aromatic rings. The molecule has 9 nitrogen and oxygen atoms in total. The van der Waals surface area contributed by atoms with Crippen molar-refractivity contribution in [2.45, 2.75) is 38.7 Å². The minimum atomic E-state index is -0.392. The first-order valence-electron chi connectivity index (χ1n) is 10.3. The average Bonchev–Trinajstić information content (AvgIpc) is 3.24. The Hall–Kier alpha value is -3.07. The second-order valence-electron chi connectivity index (χ2n) is 7.68. The van der Waals surface area contributed by atoms with Crippen molar-refractivity contribution in [3.8, 4) is 11.3 Å². The van der Waals surface area contributed by atoms with Gasteiger partial charge in [0.25, 0.3) is 0 Å². The lowest BCUT2D eigenvalue weighted by molar-refractivity contribution is -0.119. The molecule has 1 aromatic carbocycles. The smallest absolute Gasteiger partial charge is 0.414 e. The van der Waals surface area contributed by atoms with Gasteiger partial charge in [-0.05, 0) is 43.4 Å². The molecule has 1 fully saturated rings. The summed E-state index contributed by atoms with van der Waals surface area (Å²) in [5, 5.41) is 22.6. The third-order valence-electron chi connectivity index (χ3n) is 5.49. The van der Waals surface area contributed by atoms with Gasteiger partial charge in [-0.1, -0.05) is 6.07 Å².